The Bertz CT molecular complexity index is 697. The van der Waals surface area contributed by atoms with Crippen LogP contribution in [0, 0.1) is 18.3 Å². The second-order valence-electron chi connectivity index (χ2n) is 4.10. The number of anilines is 1. The number of nitrogens with one attached hydrogen (secondary N) is 1. The predicted molar refractivity (Wildman–Crippen MR) is 77.1 cm³/mol. The van der Waals surface area contributed by atoms with Crippen molar-refractivity contribution >= 4 is 29.3 Å². The zero-order valence-electron chi connectivity index (χ0n) is 10.7. The molecule has 4 nitrogen and oxygen atoms in total. The minimum atomic E-state index is -0.510. The van der Waals surface area contributed by atoms with Crippen LogP contribution in [0.1, 0.15) is 11.3 Å². The van der Waals surface area contributed by atoms with Crippen LogP contribution < -0.4 is 5.32 Å². The quantitative estimate of drug-likeness (QED) is 0.689. The normalized spacial score (nSPS) is 10.9. The molecular weight excluding hydrogens is 276 g/mol. The van der Waals surface area contributed by atoms with Crippen LogP contribution >= 0.6 is 11.6 Å². The summed E-state index contributed by atoms with van der Waals surface area (Å²) in [6, 6.07) is 10.3. The fourth-order valence-electron chi connectivity index (χ4n) is 1.53. The van der Waals surface area contributed by atoms with E-state index in [0.29, 0.717) is 16.5 Å². The van der Waals surface area contributed by atoms with Gasteiger partial charge >= 0.3 is 0 Å². The Balaban J connectivity index is 2.18. The average Bonchev–Trinajstić information content (AvgIpc) is 2.93. The van der Waals surface area contributed by atoms with E-state index in [-0.39, 0.29) is 5.57 Å². The highest BCUT2D eigenvalue weighted by atomic mass is 35.5. The third-order valence-electron chi connectivity index (χ3n) is 2.62. The second kappa shape index (κ2) is 6.09. The van der Waals surface area contributed by atoms with E-state index < -0.39 is 5.91 Å². The lowest BCUT2D eigenvalue weighted by molar-refractivity contribution is -0.112. The fraction of sp³-hybridized carbons (Fsp3) is 0.0667. The van der Waals surface area contributed by atoms with E-state index >= 15 is 0 Å². The molecule has 1 N–H and O–H groups in total. The first-order valence-electron chi connectivity index (χ1n) is 5.83. The number of halogens is 1. The Morgan fingerprint density at radius 3 is 2.85 bits per heavy atom. The van der Waals surface area contributed by atoms with Crippen LogP contribution in [0.5, 0.6) is 0 Å². The van der Waals surface area contributed by atoms with Crippen molar-refractivity contribution in [3.05, 3.63) is 58.5 Å². The summed E-state index contributed by atoms with van der Waals surface area (Å²) in [5.74, 6) is -0.0672. The van der Waals surface area contributed by atoms with E-state index in [2.05, 4.69) is 5.32 Å². The molecule has 0 aliphatic carbocycles. The number of benzene rings is 1. The van der Waals surface area contributed by atoms with Gasteiger partial charge in [0.2, 0.25) is 0 Å². The van der Waals surface area contributed by atoms with Crippen LogP contribution in [0.4, 0.5) is 5.69 Å². The number of hydrogen-bond donors (Lipinski definition) is 1. The molecule has 2 aromatic rings. The molecule has 0 radical (unpaired) electrons. The van der Waals surface area contributed by atoms with Gasteiger partial charge in [0.15, 0.2) is 0 Å². The summed E-state index contributed by atoms with van der Waals surface area (Å²) >= 11 is 5.98. The number of nitriles is 1. The number of carbonyl (C=O) groups is 1. The average molecular weight is 287 g/mol. The Labute approximate surface area is 121 Å². The molecule has 0 aliphatic rings. The summed E-state index contributed by atoms with van der Waals surface area (Å²) in [5.41, 5.74) is 1.40. The fourth-order valence-corrected chi connectivity index (χ4v) is 1.71. The molecule has 0 saturated heterocycles. The SMILES string of the molecule is Cc1ccc(NC(=O)/C(C#N)=C/c2ccco2)cc1Cl. The van der Waals surface area contributed by atoms with Crippen LogP contribution in [0.2, 0.25) is 5.02 Å². The van der Waals surface area contributed by atoms with Crippen molar-refractivity contribution in [1.29, 1.82) is 5.26 Å². The zero-order valence-corrected chi connectivity index (χ0v) is 11.4. The van der Waals surface area contributed by atoms with Gasteiger partial charge in [-0.2, -0.15) is 5.26 Å². The highest BCUT2D eigenvalue weighted by Gasteiger charge is 2.10. The number of nitrogens with zero attached hydrogens (tertiary/aromatic N) is 1. The number of hydrogen-bond acceptors (Lipinski definition) is 3. The molecule has 5 heteroatoms. The molecule has 1 aromatic carbocycles. The first kappa shape index (κ1) is 13.9. The van der Waals surface area contributed by atoms with Gasteiger partial charge in [0.25, 0.3) is 5.91 Å². The molecule has 0 bridgehead atoms. The molecule has 2 rings (SSSR count). The first-order valence-corrected chi connectivity index (χ1v) is 6.21. The molecule has 1 heterocycles. The molecule has 0 saturated carbocycles. The Morgan fingerprint density at radius 1 is 1.45 bits per heavy atom. The van der Waals surface area contributed by atoms with Gasteiger partial charge in [-0.3, -0.25) is 4.79 Å². The number of furan rings is 1. The van der Waals surface area contributed by atoms with Gasteiger partial charge in [0.05, 0.1) is 6.26 Å². The van der Waals surface area contributed by atoms with E-state index in [1.54, 1.807) is 30.3 Å². The monoisotopic (exact) mass is 286 g/mol. The van der Waals surface area contributed by atoms with Crippen molar-refractivity contribution in [1.82, 2.24) is 0 Å². The second-order valence-corrected chi connectivity index (χ2v) is 4.51. The van der Waals surface area contributed by atoms with Crippen LogP contribution in [0.3, 0.4) is 0 Å². The maximum atomic E-state index is 12.0. The molecule has 0 spiro atoms. The third-order valence-corrected chi connectivity index (χ3v) is 3.03. The minimum absolute atomic E-state index is 0.0448. The summed E-state index contributed by atoms with van der Waals surface area (Å²) in [6.07, 6.45) is 2.85. The van der Waals surface area contributed by atoms with Crippen LogP contribution in [0.25, 0.3) is 6.08 Å². The van der Waals surface area contributed by atoms with E-state index in [4.69, 9.17) is 21.3 Å². The van der Waals surface area contributed by atoms with Crippen LogP contribution in [0.15, 0.2) is 46.6 Å². The number of aryl methyl sites for hydroxylation is 1. The van der Waals surface area contributed by atoms with Crippen molar-refractivity contribution in [2.45, 2.75) is 6.92 Å². The van der Waals surface area contributed by atoms with Gasteiger partial charge in [0.1, 0.15) is 17.4 Å². The lowest BCUT2D eigenvalue weighted by Crippen LogP contribution is -2.13. The van der Waals surface area contributed by atoms with Gasteiger partial charge in [-0.15, -0.1) is 0 Å². The standard InChI is InChI=1S/C15H11ClN2O2/c1-10-4-5-12(8-14(10)16)18-15(19)11(9-17)7-13-3-2-6-20-13/h2-8H,1H3,(H,18,19)/b11-7+. The van der Waals surface area contributed by atoms with Crippen molar-refractivity contribution in [2.75, 3.05) is 5.32 Å². The molecule has 20 heavy (non-hydrogen) atoms. The van der Waals surface area contributed by atoms with Gasteiger partial charge in [-0.25, -0.2) is 0 Å². The van der Waals surface area contributed by atoms with E-state index in [9.17, 15) is 4.79 Å². The van der Waals surface area contributed by atoms with Gasteiger partial charge in [-0.05, 0) is 36.8 Å². The summed E-state index contributed by atoms with van der Waals surface area (Å²) in [6.45, 7) is 1.87. The van der Waals surface area contributed by atoms with Gasteiger partial charge in [0, 0.05) is 16.8 Å². The van der Waals surface area contributed by atoms with Gasteiger partial charge in [-0.1, -0.05) is 17.7 Å². The van der Waals surface area contributed by atoms with E-state index in [0.717, 1.165) is 5.56 Å². The van der Waals surface area contributed by atoms with Gasteiger partial charge < -0.3 is 9.73 Å². The van der Waals surface area contributed by atoms with E-state index in [1.165, 1.54) is 12.3 Å². The van der Waals surface area contributed by atoms with Crippen molar-refractivity contribution in [3.63, 3.8) is 0 Å². The molecule has 0 aliphatic heterocycles. The molecule has 0 unspecified atom stereocenters. The summed E-state index contributed by atoms with van der Waals surface area (Å²) in [7, 11) is 0. The molecular formula is C15H11ClN2O2. The lowest BCUT2D eigenvalue weighted by Gasteiger charge is -2.05. The zero-order chi connectivity index (χ0) is 14.5. The van der Waals surface area contributed by atoms with Crippen molar-refractivity contribution < 1.29 is 9.21 Å². The van der Waals surface area contributed by atoms with Crippen LogP contribution in [-0.4, -0.2) is 5.91 Å². The largest absolute Gasteiger partial charge is 0.465 e. The Hall–Kier alpha value is -2.51. The first-order chi connectivity index (χ1) is 9.60. The predicted octanol–water partition coefficient (Wildman–Crippen LogP) is 3.79. The van der Waals surface area contributed by atoms with Crippen molar-refractivity contribution in [2.24, 2.45) is 0 Å². The third kappa shape index (κ3) is 3.28. The minimum Gasteiger partial charge on any atom is -0.465 e. The summed E-state index contributed by atoms with van der Waals surface area (Å²) in [4.78, 5) is 12.0. The molecule has 1 aromatic heterocycles. The lowest BCUT2D eigenvalue weighted by atomic mass is 10.2. The van der Waals surface area contributed by atoms with Crippen molar-refractivity contribution in [3.8, 4) is 6.07 Å². The Morgan fingerprint density at radius 2 is 2.25 bits per heavy atom. The molecule has 0 fully saturated rings. The van der Waals surface area contributed by atoms with Crippen LogP contribution in [-0.2, 0) is 4.79 Å². The maximum absolute atomic E-state index is 12.0. The summed E-state index contributed by atoms with van der Waals surface area (Å²) in [5, 5.41) is 12.2. The van der Waals surface area contributed by atoms with E-state index in [1.807, 2.05) is 13.0 Å². The number of rotatable bonds is 3. The highest BCUT2D eigenvalue weighted by molar-refractivity contribution is 6.31. The molecule has 100 valence electrons. The summed E-state index contributed by atoms with van der Waals surface area (Å²) < 4.78 is 5.07. The topological polar surface area (TPSA) is 66.0 Å². The molecule has 0 atom stereocenters. The maximum Gasteiger partial charge on any atom is 0.266 e. The number of carbonyl (C=O) groups excluding carboxylic acids is 1. The number of amides is 1. The molecule has 1 amide bonds. The highest BCUT2D eigenvalue weighted by Crippen LogP contribution is 2.20. The Kier molecular flexibility index (Phi) is 4.24. The smallest absolute Gasteiger partial charge is 0.266 e.